The predicted molar refractivity (Wildman–Crippen MR) is 128 cm³/mol. The third-order valence-corrected chi connectivity index (χ3v) is 7.27. The molecule has 3 heterocycles. The van der Waals surface area contributed by atoms with E-state index < -0.39 is 11.7 Å². The third kappa shape index (κ3) is 5.00. The van der Waals surface area contributed by atoms with Crippen molar-refractivity contribution < 1.29 is 18.0 Å². The molecular formula is C24H23F3N6OS. The molecule has 35 heavy (non-hydrogen) atoms. The maximum absolute atomic E-state index is 12.9. The summed E-state index contributed by atoms with van der Waals surface area (Å²) in [7, 11) is 0. The van der Waals surface area contributed by atoms with E-state index in [1.54, 1.807) is 18.5 Å². The number of hydrogen-bond acceptors (Lipinski definition) is 6. The molecule has 1 saturated carbocycles. The zero-order valence-corrected chi connectivity index (χ0v) is 19.7. The molecule has 0 aliphatic heterocycles. The Balaban J connectivity index is 1.25. The van der Waals surface area contributed by atoms with Crippen LogP contribution < -0.4 is 10.6 Å². The van der Waals surface area contributed by atoms with Crippen molar-refractivity contribution >= 4 is 39.1 Å². The number of thiazole rings is 1. The van der Waals surface area contributed by atoms with Crippen molar-refractivity contribution in [1.82, 2.24) is 24.8 Å². The van der Waals surface area contributed by atoms with Crippen molar-refractivity contribution in [2.45, 2.75) is 50.9 Å². The van der Waals surface area contributed by atoms with Crippen LogP contribution in [0.15, 0.2) is 49.1 Å². The number of imidazole rings is 1. The first kappa shape index (κ1) is 23.3. The number of hydrogen-bond donors (Lipinski definition) is 2. The summed E-state index contributed by atoms with van der Waals surface area (Å²) in [5, 5.41) is 6.46. The van der Waals surface area contributed by atoms with Gasteiger partial charge in [-0.3, -0.25) is 4.79 Å². The average molecular weight is 501 g/mol. The molecule has 0 bridgehead atoms. The standard InChI is InChI=1S/C24H23F3N6OS/c1-14(21-12-29-23(35-21)32-16-8-6-15(7-9-16)24(25,26)27)31-22(34)18-10-20-19(11-28-18)30-13-33(20)17-4-2-3-5-17/h6-14,17H,2-5H2,1H3,(H,29,32)(H,31,34)/t14-/m1/s1. The van der Waals surface area contributed by atoms with Crippen LogP contribution in [-0.2, 0) is 6.18 Å². The SMILES string of the molecule is C[C@@H](NC(=O)c1cc2c(cn1)ncn2C1CCCC1)c1cnc(Nc2ccc(C(F)(F)F)cc2)s1. The molecule has 1 aromatic carbocycles. The lowest BCUT2D eigenvalue weighted by atomic mass is 10.2. The lowest BCUT2D eigenvalue weighted by molar-refractivity contribution is -0.137. The van der Waals surface area contributed by atoms with E-state index in [0.717, 1.165) is 40.9 Å². The molecule has 1 aliphatic rings. The van der Waals surface area contributed by atoms with E-state index in [1.165, 1.54) is 36.3 Å². The fourth-order valence-corrected chi connectivity index (χ4v) is 5.12. The number of carbonyl (C=O) groups excluding carboxylic acids is 1. The number of aromatic nitrogens is 4. The molecule has 182 valence electrons. The molecule has 5 rings (SSSR count). The summed E-state index contributed by atoms with van der Waals surface area (Å²) < 4.78 is 40.4. The summed E-state index contributed by atoms with van der Waals surface area (Å²) in [6.07, 6.45) is 5.33. The lowest BCUT2D eigenvalue weighted by Crippen LogP contribution is -2.27. The average Bonchev–Trinajstić information content (AvgIpc) is 3.59. The van der Waals surface area contributed by atoms with Gasteiger partial charge < -0.3 is 15.2 Å². The second kappa shape index (κ2) is 9.29. The Morgan fingerprint density at radius 3 is 2.57 bits per heavy atom. The predicted octanol–water partition coefficient (Wildman–Crippen LogP) is 6.26. The van der Waals surface area contributed by atoms with Gasteiger partial charge in [0.1, 0.15) is 11.2 Å². The molecule has 11 heteroatoms. The van der Waals surface area contributed by atoms with E-state index in [2.05, 4.69) is 30.2 Å². The summed E-state index contributed by atoms with van der Waals surface area (Å²) in [5.74, 6) is -0.302. The first-order valence-corrected chi connectivity index (χ1v) is 12.1. The number of amides is 1. The first-order chi connectivity index (χ1) is 16.8. The number of anilines is 2. The van der Waals surface area contributed by atoms with Crippen LogP contribution in [-0.4, -0.2) is 25.4 Å². The monoisotopic (exact) mass is 500 g/mol. The number of nitrogens with zero attached hydrogens (tertiary/aromatic N) is 4. The number of carbonyl (C=O) groups is 1. The Bertz CT molecular complexity index is 1340. The molecule has 4 aromatic rings. The minimum absolute atomic E-state index is 0.302. The Morgan fingerprint density at radius 2 is 1.86 bits per heavy atom. The summed E-state index contributed by atoms with van der Waals surface area (Å²) in [4.78, 5) is 26.7. The molecule has 3 aromatic heterocycles. The summed E-state index contributed by atoms with van der Waals surface area (Å²) in [6.45, 7) is 1.84. The van der Waals surface area contributed by atoms with Crippen molar-refractivity contribution in [1.29, 1.82) is 0 Å². The van der Waals surface area contributed by atoms with Crippen molar-refractivity contribution in [2.24, 2.45) is 0 Å². The van der Waals surface area contributed by atoms with Gasteiger partial charge in [-0.1, -0.05) is 24.2 Å². The zero-order chi connectivity index (χ0) is 24.6. The third-order valence-electron chi connectivity index (χ3n) is 6.17. The topological polar surface area (TPSA) is 84.7 Å². The van der Waals surface area contributed by atoms with Gasteiger partial charge >= 0.3 is 6.18 Å². The van der Waals surface area contributed by atoms with Crippen LogP contribution in [0.25, 0.3) is 11.0 Å². The van der Waals surface area contributed by atoms with Gasteiger partial charge in [0.25, 0.3) is 5.91 Å². The molecule has 0 radical (unpaired) electrons. The van der Waals surface area contributed by atoms with Gasteiger partial charge in [-0.2, -0.15) is 13.2 Å². The summed E-state index contributed by atoms with van der Waals surface area (Å²) >= 11 is 1.31. The molecule has 0 saturated heterocycles. The Morgan fingerprint density at radius 1 is 1.11 bits per heavy atom. The fraction of sp³-hybridized carbons (Fsp3) is 0.333. The number of rotatable bonds is 6. The molecule has 0 unspecified atom stereocenters. The van der Waals surface area contributed by atoms with Crippen LogP contribution in [0.2, 0.25) is 0 Å². The normalized spacial score (nSPS) is 15.4. The minimum atomic E-state index is -4.38. The van der Waals surface area contributed by atoms with Crippen LogP contribution >= 0.6 is 11.3 Å². The van der Waals surface area contributed by atoms with Crippen LogP contribution in [0.3, 0.4) is 0 Å². The number of fused-ring (bicyclic) bond motifs is 1. The maximum Gasteiger partial charge on any atom is 0.416 e. The smallest absolute Gasteiger partial charge is 0.343 e. The van der Waals surface area contributed by atoms with Crippen molar-refractivity contribution in [3.05, 3.63) is 65.2 Å². The van der Waals surface area contributed by atoms with Crippen LogP contribution in [0.4, 0.5) is 24.0 Å². The van der Waals surface area contributed by atoms with Gasteiger partial charge in [0.2, 0.25) is 0 Å². The number of nitrogens with one attached hydrogen (secondary N) is 2. The minimum Gasteiger partial charge on any atom is -0.343 e. The van der Waals surface area contributed by atoms with Gasteiger partial charge in [0.15, 0.2) is 5.13 Å². The first-order valence-electron chi connectivity index (χ1n) is 11.3. The Hall–Kier alpha value is -3.47. The molecule has 7 nitrogen and oxygen atoms in total. The van der Waals surface area contributed by atoms with Crippen molar-refractivity contribution in [2.75, 3.05) is 5.32 Å². The maximum atomic E-state index is 12.9. The second-order valence-electron chi connectivity index (χ2n) is 8.61. The van der Waals surface area contributed by atoms with Crippen LogP contribution in [0.5, 0.6) is 0 Å². The molecule has 1 aliphatic carbocycles. The molecule has 1 amide bonds. The van der Waals surface area contributed by atoms with Crippen molar-refractivity contribution in [3.63, 3.8) is 0 Å². The quantitative estimate of drug-likeness (QED) is 0.327. The number of halogens is 3. The summed E-state index contributed by atoms with van der Waals surface area (Å²) in [6, 6.07) is 6.60. The Labute approximate surface area is 203 Å². The van der Waals surface area contributed by atoms with Crippen molar-refractivity contribution in [3.8, 4) is 0 Å². The highest BCUT2D eigenvalue weighted by atomic mass is 32.1. The zero-order valence-electron chi connectivity index (χ0n) is 18.8. The van der Waals surface area contributed by atoms with E-state index in [4.69, 9.17) is 0 Å². The largest absolute Gasteiger partial charge is 0.416 e. The van der Waals surface area contributed by atoms with E-state index >= 15 is 0 Å². The van der Waals surface area contributed by atoms with E-state index in [9.17, 15) is 18.0 Å². The highest BCUT2D eigenvalue weighted by Gasteiger charge is 2.30. The van der Waals surface area contributed by atoms with E-state index in [1.807, 2.05) is 13.3 Å². The second-order valence-corrected chi connectivity index (χ2v) is 9.67. The van der Waals surface area contributed by atoms with Crippen LogP contribution in [0, 0.1) is 0 Å². The fourth-order valence-electron chi connectivity index (χ4n) is 4.28. The van der Waals surface area contributed by atoms with Gasteiger partial charge in [0, 0.05) is 22.8 Å². The van der Waals surface area contributed by atoms with Gasteiger partial charge in [-0.15, -0.1) is 0 Å². The molecule has 2 N–H and O–H groups in total. The number of alkyl halides is 3. The molecule has 0 spiro atoms. The van der Waals surface area contributed by atoms with E-state index in [-0.39, 0.29) is 11.9 Å². The van der Waals surface area contributed by atoms with Gasteiger partial charge in [-0.25, -0.2) is 15.0 Å². The summed E-state index contributed by atoms with van der Waals surface area (Å²) in [5.41, 5.74) is 1.77. The van der Waals surface area contributed by atoms with E-state index in [0.29, 0.717) is 22.6 Å². The molecular weight excluding hydrogens is 477 g/mol. The lowest BCUT2D eigenvalue weighted by Gasteiger charge is -2.13. The Kier molecular flexibility index (Phi) is 6.18. The highest BCUT2D eigenvalue weighted by molar-refractivity contribution is 7.15. The molecule has 1 atom stereocenters. The highest BCUT2D eigenvalue weighted by Crippen LogP contribution is 2.33. The number of pyridine rings is 1. The molecule has 1 fully saturated rings. The van der Waals surface area contributed by atoms with Gasteiger partial charge in [0.05, 0.1) is 29.6 Å². The van der Waals surface area contributed by atoms with Gasteiger partial charge in [-0.05, 0) is 50.1 Å². The van der Waals surface area contributed by atoms with Crippen LogP contribution in [0.1, 0.15) is 65.6 Å². The number of benzene rings is 1.